The number of aromatic nitrogens is 3. The minimum atomic E-state index is -0.0230. The summed E-state index contributed by atoms with van der Waals surface area (Å²) < 4.78 is 1.94. The molecule has 1 atom stereocenters. The molecular weight excluding hydrogens is 320 g/mol. The topological polar surface area (TPSA) is 59.8 Å². The molecule has 2 aromatic rings. The van der Waals surface area contributed by atoms with Gasteiger partial charge in [-0.25, -0.2) is 0 Å². The third kappa shape index (κ3) is 4.47. The van der Waals surface area contributed by atoms with E-state index in [1.165, 1.54) is 22.9 Å². The van der Waals surface area contributed by atoms with Crippen molar-refractivity contribution in [3.05, 3.63) is 53.4 Å². The molecule has 0 bridgehead atoms. The second kappa shape index (κ2) is 8.15. The lowest BCUT2D eigenvalue weighted by Crippen LogP contribution is -2.28. The summed E-state index contributed by atoms with van der Waals surface area (Å²) in [7, 11) is 0. The van der Waals surface area contributed by atoms with Gasteiger partial charge >= 0.3 is 0 Å². The second-order valence-corrected chi connectivity index (χ2v) is 6.79. The minimum Gasteiger partial charge on any atom is -0.349 e. The molecule has 0 unspecified atom stereocenters. The Morgan fingerprint density at radius 1 is 1.33 bits per heavy atom. The number of rotatable bonds is 7. The number of carbonyl (C=O) groups excluding carboxylic acids is 1. The second-order valence-electron chi connectivity index (χ2n) is 5.85. The van der Waals surface area contributed by atoms with Gasteiger partial charge in [0.25, 0.3) is 0 Å². The highest BCUT2D eigenvalue weighted by Crippen LogP contribution is 2.19. The fourth-order valence-electron chi connectivity index (χ4n) is 2.34. The van der Waals surface area contributed by atoms with E-state index in [4.69, 9.17) is 0 Å². The molecule has 0 saturated heterocycles. The number of amides is 1. The van der Waals surface area contributed by atoms with Crippen molar-refractivity contribution in [1.82, 2.24) is 20.1 Å². The maximum Gasteiger partial charge on any atom is 0.230 e. The number of carbonyl (C=O) groups is 1. The number of nitrogens with zero attached hydrogens (tertiary/aromatic N) is 3. The van der Waals surface area contributed by atoms with Crippen LogP contribution in [0.5, 0.6) is 0 Å². The highest BCUT2D eigenvalue weighted by Gasteiger charge is 2.13. The molecule has 128 valence electrons. The van der Waals surface area contributed by atoms with Crippen LogP contribution in [-0.4, -0.2) is 26.4 Å². The van der Waals surface area contributed by atoms with Gasteiger partial charge in [0.2, 0.25) is 5.91 Å². The van der Waals surface area contributed by atoms with Crippen LogP contribution in [0.1, 0.15) is 35.5 Å². The highest BCUT2D eigenvalue weighted by atomic mass is 32.2. The molecule has 0 radical (unpaired) electrons. The van der Waals surface area contributed by atoms with Crippen LogP contribution in [-0.2, 0) is 11.3 Å². The molecule has 0 saturated carbocycles. The molecule has 1 amide bonds. The first kappa shape index (κ1) is 18.3. The molecule has 0 spiro atoms. The van der Waals surface area contributed by atoms with E-state index in [0.29, 0.717) is 12.3 Å². The van der Waals surface area contributed by atoms with Crippen molar-refractivity contribution >= 4 is 17.7 Å². The Balaban J connectivity index is 1.93. The number of nitrogens with one attached hydrogen (secondary N) is 1. The molecule has 5 nitrogen and oxygen atoms in total. The van der Waals surface area contributed by atoms with E-state index in [9.17, 15) is 4.79 Å². The lowest BCUT2D eigenvalue weighted by molar-refractivity contribution is -0.119. The number of benzene rings is 1. The van der Waals surface area contributed by atoms with E-state index in [-0.39, 0.29) is 11.9 Å². The molecule has 0 fully saturated rings. The van der Waals surface area contributed by atoms with Crippen molar-refractivity contribution < 1.29 is 4.79 Å². The summed E-state index contributed by atoms with van der Waals surface area (Å²) in [5.74, 6) is 1.11. The van der Waals surface area contributed by atoms with Crippen molar-refractivity contribution in [3.63, 3.8) is 0 Å². The lowest BCUT2D eigenvalue weighted by atomic mass is 10.0. The summed E-state index contributed by atoms with van der Waals surface area (Å²) in [6.45, 7) is 12.4. The molecule has 0 aliphatic rings. The minimum absolute atomic E-state index is 0.0171. The van der Waals surface area contributed by atoms with Gasteiger partial charge in [-0.1, -0.05) is 36.0 Å². The van der Waals surface area contributed by atoms with Gasteiger partial charge in [0.15, 0.2) is 5.16 Å². The van der Waals surface area contributed by atoms with E-state index < -0.39 is 0 Å². The normalized spacial score (nSPS) is 12.0. The molecule has 24 heavy (non-hydrogen) atoms. The standard InChI is InChI=1S/C18H24N4OS/c1-6-9-22-15(5)20-21-18(22)24-11-17(23)19-14(4)16-8-7-12(2)13(3)10-16/h6-8,10,14H,1,9,11H2,2-5H3,(H,19,23)/t14-/m1/s1. The first-order valence-corrected chi connectivity index (χ1v) is 8.91. The summed E-state index contributed by atoms with van der Waals surface area (Å²) in [4.78, 5) is 12.2. The van der Waals surface area contributed by atoms with Gasteiger partial charge in [0.05, 0.1) is 11.8 Å². The Kier molecular flexibility index (Phi) is 6.20. The van der Waals surface area contributed by atoms with E-state index in [1.807, 2.05) is 18.4 Å². The predicted molar refractivity (Wildman–Crippen MR) is 98.2 cm³/mol. The molecule has 1 aromatic carbocycles. The molecule has 1 heterocycles. The molecule has 0 aliphatic heterocycles. The van der Waals surface area contributed by atoms with Gasteiger partial charge in [0.1, 0.15) is 5.82 Å². The van der Waals surface area contributed by atoms with Gasteiger partial charge in [-0.3, -0.25) is 4.79 Å². The van der Waals surface area contributed by atoms with Crippen molar-refractivity contribution in [2.24, 2.45) is 0 Å². The Morgan fingerprint density at radius 2 is 2.08 bits per heavy atom. The van der Waals surface area contributed by atoms with Gasteiger partial charge in [0, 0.05) is 6.54 Å². The van der Waals surface area contributed by atoms with E-state index in [0.717, 1.165) is 16.5 Å². The fraction of sp³-hybridized carbons (Fsp3) is 0.389. The highest BCUT2D eigenvalue weighted by molar-refractivity contribution is 7.99. The summed E-state index contributed by atoms with van der Waals surface area (Å²) >= 11 is 1.39. The molecule has 2 rings (SSSR count). The number of thioether (sulfide) groups is 1. The summed E-state index contributed by atoms with van der Waals surface area (Å²) in [6.07, 6.45) is 1.79. The summed E-state index contributed by atoms with van der Waals surface area (Å²) in [5.41, 5.74) is 3.60. The lowest BCUT2D eigenvalue weighted by Gasteiger charge is -2.15. The Morgan fingerprint density at radius 3 is 2.75 bits per heavy atom. The number of aryl methyl sites for hydroxylation is 3. The molecule has 1 aromatic heterocycles. The Labute approximate surface area is 147 Å². The summed E-state index contributed by atoms with van der Waals surface area (Å²) in [5, 5.41) is 11.9. The molecule has 1 N–H and O–H groups in total. The van der Waals surface area contributed by atoms with Crippen LogP contribution >= 0.6 is 11.8 Å². The van der Waals surface area contributed by atoms with E-state index in [2.05, 4.69) is 54.1 Å². The third-order valence-electron chi connectivity index (χ3n) is 3.95. The average Bonchev–Trinajstić information content (AvgIpc) is 2.89. The van der Waals surface area contributed by atoms with Crippen LogP contribution in [0.2, 0.25) is 0 Å². The van der Waals surface area contributed by atoms with Crippen LogP contribution in [0.3, 0.4) is 0 Å². The Hall–Kier alpha value is -2.08. The molecule has 0 aliphatic carbocycles. The largest absolute Gasteiger partial charge is 0.349 e. The zero-order chi connectivity index (χ0) is 17.7. The quantitative estimate of drug-likeness (QED) is 0.618. The van der Waals surface area contributed by atoms with E-state index in [1.54, 1.807) is 6.08 Å². The monoisotopic (exact) mass is 344 g/mol. The van der Waals surface area contributed by atoms with Gasteiger partial charge < -0.3 is 9.88 Å². The first-order valence-electron chi connectivity index (χ1n) is 7.92. The third-order valence-corrected chi connectivity index (χ3v) is 4.92. The fourth-order valence-corrected chi connectivity index (χ4v) is 3.14. The van der Waals surface area contributed by atoms with Gasteiger partial charge in [-0.05, 0) is 44.4 Å². The van der Waals surface area contributed by atoms with Crippen molar-refractivity contribution in [2.45, 2.75) is 45.4 Å². The zero-order valence-corrected chi connectivity index (χ0v) is 15.5. The number of allylic oxidation sites excluding steroid dienone is 1. The maximum atomic E-state index is 12.2. The predicted octanol–water partition coefficient (Wildman–Crippen LogP) is 3.36. The zero-order valence-electron chi connectivity index (χ0n) is 14.7. The summed E-state index contributed by atoms with van der Waals surface area (Å²) in [6, 6.07) is 6.25. The first-order chi connectivity index (χ1) is 11.4. The van der Waals surface area contributed by atoms with Gasteiger partial charge in [-0.2, -0.15) is 0 Å². The van der Waals surface area contributed by atoms with Crippen molar-refractivity contribution in [3.8, 4) is 0 Å². The van der Waals surface area contributed by atoms with Gasteiger partial charge in [-0.15, -0.1) is 16.8 Å². The van der Waals surface area contributed by atoms with Crippen LogP contribution in [0.15, 0.2) is 36.0 Å². The SMILES string of the molecule is C=CCn1c(C)nnc1SCC(=O)N[C@H](C)c1ccc(C)c(C)c1. The van der Waals surface area contributed by atoms with Crippen LogP contribution in [0.25, 0.3) is 0 Å². The smallest absolute Gasteiger partial charge is 0.230 e. The van der Waals surface area contributed by atoms with Crippen LogP contribution < -0.4 is 5.32 Å². The molecule has 6 heteroatoms. The van der Waals surface area contributed by atoms with Crippen LogP contribution in [0.4, 0.5) is 0 Å². The molecular formula is C18H24N4OS. The Bertz CT molecular complexity index is 739. The van der Waals surface area contributed by atoms with Crippen molar-refractivity contribution in [1.29, 1.82) is 0 Å². The average molecular weight is 344 g/mol. The van der Waals surface area contributed by atoms with Crippen molar-refractivity contribution in [2.75, 3.05) is 5.75 Å². The van der Waals surface area contributed by atoms with Crippen LogP contribution in [0, 0.1) is 20.8 Å². The number of hydrogen-bond donors (Lipinski definition) is 1. The van der Waals surface area contributed by atoms with E-state index >= 15 is 0 Å². The maximum absolute atomic E-state index is 12.2. The number of hydrogen-bond acceptors (Lipinski definition) is 4.